The average Bonchev–Trinajstić information content (AvgIpc) is 1.97. The van der Waals surface area contributed by atoms with Gasteiger partial charge >= 0.3 is 0 Å². The Morgan fingerprint density at radius 2 is 1.56 bits per heavy atom. The van der Waals surface area contributed by atoms with Crippen molar-refractivity contribution in [3.05, 3.63) is 17.2 Å². The van der Waals surface area contributed by atoms with E-state index in [0.717, 1.165) is 6.07 Å². The Balaban J connectivity index is 3.87. The Morgan fingerprint density at radius 1 is 1.06 bits per heavy atom. The van der Waals surface area contributed by atoms with E-state index >= 15 is 0 Å². The molecule has 0 aromatic heterocycles. The topological polar surface area (TPSA) is 141 Å². The van der Waals surface area contributed by atoms with Gasteiger partial charge in [-0.25, -0.2) is 27.1 Å². The molecule has 0 saturated heterocycles. The summed E-state index contributed by atoms with van der Waals surface area (Å²) in [5.41, 5.74) is 0. The van der Waals surface area contributed by atoms with Gasteiger partial charge in [-0.2, -0.15) is 0 Å². The zero-order chi connectivity index (χ0) is 12.7. The molecule has 90 valence electrons. The van der Waals surface area contributed by atoms with Gasteiger partial charge < -0.3 is 5.11 Å². The third kappa shape index (κ3) is 2.62. The summed E-state index contributed by atoms with van der Waals surface area (Å²) in [6.07, 6.45) is 0. The lowest BCUT2D eigenvalue weighted by Crippen LogP contribution is -2.21. The summed E-state index contributed by atoms with van der Waals surface area (Å²) < 4.78 is 44.4. The summed E-state index contributed by atoms with van der Waals surface area (Å²) >= 11 is 5.49. The van der Waals surface area contributed by atoms with Crippen LogP contribution >= 0.6 is 11.6 Å². The third-order valence-electron chi connectivity index (χ3n) is 1.59. The number of benzene rings is 1. The van der Waals surface area contributed by atoms with E-state index in [1.807, 2.05) is 0 Å². The third-order valence-corrected chi connectivity index (χ3v) is 4.07. The van der Waals surface area contributed by atoms with Gasteiger partial charge in [0.25, 0.3) is 0 Å². The number of nitrogens with two attached hydrogens (primary N) is 2. The zero-order valence-corrected chi connectivity index (χ0v) is 9.97. The van der Waals surface area contributed by atoms with Crippen LogP contribution in [0.5, 0.6) is 5.75 Å². The number of hydrogen-bond donors (Lipinski definition) is 3. The van der Waals surface area contributed by atoms with E-state index in [2.05, 4.69) is 0 Å². The minimum atomic E-state index is -4.37. The molecule has 0 bridgehead atoms. The molecule has 0 amide bonds. The SMILES string of the molecule is NS(=O)(=O)c1cc(O)cc(Cl)c1S(N)(=O)=O. The van der Waals surface area contributed by atoms with Crippen molar-refractivity contribution >= 4 is 31.6 Å². The van der Waals surface area contributed by atoms with Crippen molar-refractivity contribution in [2.45, 2.75) is 9.79 Å². The van der Waals surface area contributed by atoms with Gasteiger partial charge in [-0.3, -0.25) is 0 Å². The molecule has 0 aliphatic heterocycles. The lowest BCUT2D eigenvalue weighted by atomic mass is 10.3. The molecular formula is C6H7ClN2O5S2. The molecule has 1 aromatic carbocycles. The number of phenolic OH excluding ortho intramolecular Hbond substituents is 1. The Kier molecular flexibility index (Phi) is 3.18. The molecular weight excluding hydrogens is 280 g/mol. The first kappa shape index (κ1) is 13.2. The van der Waals surface area contributed by atoms with Crippen LogP contribution in [0.3, 0.4) is 0 Å². The van der Waals surface area contributed by atoms with E-state index in [0.29, 0.717) is 6.07 Å². The lowest BCUT2D eigenvalue weighted by molar-refractivity contribution is 0.472. The normalized spacial score (nSPS) is 12.7. The maximum atomic E-state index is 11.1. The summed E-state index contributed by atoms with van der Waals surface area (Å²) in [7, 11) is -8.73. The van der Waals surface area contributed by atoms with E-state index in [-0.39, 0.29) is 0 Å². The summed E-state index contributed by atoms with van der Waals surface area (Å²) in [5.74, 6) is -0.540. The van der Waals surface area contributed by atoms with E-state index in [1.165, 1.54) is 0 Å². The van der Waals surface area contributed by atoms with Crippen molar-refractivity contribution in [1.82, 2.24) is 0 Å². The molecule has 10 heteroatoms. The summed E-state index contributed by atoms with van der Waals surface area (Å²) in [6, 6.07) is 1.50. The first-order valence-electron chi connectivity index (χ1n) is 3.61. The Labute approximate surface area is 96.7 Å². The van der Waals surface area contributed by atoms with Gasteiger partial charge in [-0.15, -0.1) is 0 Å². The first-order valence-corrected chi connectivity index (χ1v) is 7.08. The smallest absolute Gasteiger partial charge is 0.240 e. The number of phenols is 1. The van der Waals surface area contributed by atoms with Crippen LogP contribution in [-0.2, 0) is 20.0 Å². The van der Waals surface area contributed by atoms with Gasteiger partial charge in [-0.05, 0) is 6.07 Å². The van der Waals surface area contributed by atoms with E-state index in [1.54, 1.807) is 0 Å². The average molecular weight is 287 g/mol. The van der Waals surface area contributed by atoms with Crippen molar-refractivity contribution < 1.29 is 21.9 Å². The molecule has 0 spiro atoms. The molecule has 1 rings (SSSR count). The molecule has 7 nitrogen and oxygen atoms in total. The predicted molar refractivity (Wildman–Crippen MR) is 55.9 cm³/mol. The fourth-order valence-corrected chi connectivity index (χ4v) is 3.65. The molecule has 0 aliphatic rings. The van der Waals surface area contributed by atoms with Crippen molar-refractivity contribution in [3.63, 3.8) is 0 Å². The van der Waals surface area contributed by atoms with Crippen LogP contribution in [-0.4, -0.2) is 21.9 Å². The standard InChI is InChI=1S/C6H7ClN2O5S2/c7-4-1-3(10)2-5(15(8,11)12)6(4)16(9,13)14/h1-2,10H,(H2,8,11,12)(H2,9,13,14). The van der Waals surface area contributed by atoms with Gasteiger partial charge in [0, 0.05) is 6.07 Å². The van der Waals surface area contributed by atoms with Crippen LogP contribution in [0, 0.1) is 0 Å². The number of halogens is 1. The van der Waals surface area contributed by atoms with Crippen LogP contribution in [0.15, 0.2) is 21.9 Å². The number of aromatic hydroxyl groups is 1. The second-order valence-corrected chi connectivity index (χ2v) is 6.28. The molecule has 0 aliphatic carbocycles. The Hall–Kier alpha value is -0.870. The molecule has 16 heavy (non-hydrogen) atoms. The quantitative estimate of drug-likeness (QED) is 0.662. The number of hydrogen-bond acceptors (Lipinski definition) is 5. The zero-order valence-electron chi connectivity index (χ0n) is 7.58. The van der Waals surface area contributed by atoms with E-state index in [4.69, 9.17) is 27.0 Å². The second kappa shape index (κ2) is 3.86. The maximum absolute atomic E-state index is 11.1. The summed E-state index contributed by atoms with van der Waals surface area (Å²) in [5, 5.41) is 18.2. The molecule has 0 atom stereocenters. The van der Waals surface area contributed by atoms with Gasteiger partial charge in [-0.1, -0.05) is 11.6 Å². The molecule has 0 unspecified atom stereocenters. The largest absolute Gasteiger partial charge is 0.508 e. The van der Waals surface area contributed by atoms with Crippen LogP contribution in [0.2, 0.25) is 5.02 Å². The highest BCUT2D eigenvalue weighted by molar-refractivity contribution is 7.92. The molecule has 0 saturated carbocycles. The first-order chi connectivity index (χ1) is 7.03. The highest BCUT2D eigenvalue weighted by atomic mass is 35.5. The molecule has 5 N–H and O–H groups in total. The fourth-order valence-electron chi connectivity index (χ4n) is 1.04. The summed E-state index contributed by atoms with van der Waals surface area (Å²) in [6.45, 7) is 0. The van der Waals surface area contributed by atoms with E-state index in [9.17, 15) is 16.8 Å². The van der Waals surface area contributed by atoms with Gasteiger partial charge in [0.1, 0.15) is 15.5 Å². The minimum Gasteiger partial charge on any atom is -0.508 e. The fraction of sp³-hybridized carbons (Fsp3) is 0. The maximum Gasteiger partial charge on any atom is 0.240 e. The van der Waals surface area contributed by atoms with Crippen LogP contribution < -0.4 is 10.3 Å². The van der Waals surface area contributed by atoms with Gasteiger partial charge in [0.05, 0.1) is 5.02 Å². The molecule has 0 radical (unpaired) electrons. The van der Waals surface area contributed by atoms with Crippen molar-refractivity contribution in [2.24, 2.45) is 10.3 Å². The summed E-state index contributed by atoms with van der Waals surface area (Å²) in [4.78, 5) is -1.69. The highest BCUT2D eigenvalue weighted by Crippen LogP contribution is 2.31. The van der Waals surface area contributed by atoms with Crippen LogP contribution in [0.4, 0.5) is 0 Å². The minimum absolute atomic E-state index is 0.522. The van der Waals surface area contributed by atoms with Crippen molar-refractivity contribution in [1.29, 1.82) is 0 Å². The highest BCUT2D eigenvalue weighted by Gasteiger charge is 2.25. The molecule has 1 aromatic rings. The van der Waals surface area contributed by atoms with E-state index < -0.39 is 40.6 Å². The number of primary sulfonamides is 2. The Morgan fingerprint density at radius 3 is 1.94 bits per heavy atom. The van der Waals surface area contributed by atoms with Gasteiger partial charge in [0.2, 0.25) is 20.0 Å². The number of sulfonamides is 2. The van der Waals surface area contributed by atoms with Crippen LogP contribution in [0.1, 0.15) is 0 Å². The van der Waals surface area contributed by atoms with Crippen molar-refractivity contribution in [3.8, 4) is 5.75 Å². The predicted octanol–water partition coefficient (Wildman–Crippen LogP) is -0.660. The van der Waals surface area contributed by atoms with Gasteiger partial charge in [0.15, 0.2) is 0 Å². The molecule has 0 heterocycles. The lowest BCUT2D eigenvalue weighted by Gasteiger charge is -2.08. The Bertz CT molecular complexity index is 637. The second-order valence-electron chi connectivity index (χ2n) is 2.84. The van der Waals surface area contributed by atoms with Crippen LogP contribution in [0.25, 0.3) is 0 Å². The monoisotopic (exact) mass is 286 g/mol. The van der Waals surface area contributed by atoms with Crippen molar-refractivity contribution in [2.75, 3.05) is 0 Å². The molecule has 0 fully saturated rings. The number of rotatable bonds is 2.